The zero-order valence-corrected chi connectivity index (χ0v) is 15.2. The molecule has 0 amide bonds. The summed E-state index contributed by atoms with van der Waals surface area (Å²) in [6.45, 7) is 7.27. The van der Waals surface area contributed by atoms with Crippen molar-refractivity contribution in [1.29, 1.82) is 0 Å². The molecular formula is C17H22N6OS. The highest BCUT2D eigenvalue weighted by atomic mass is 32.1. The Bertz CT molecular complexity index is 786. The maximum absolute atomic E-state index is 5.40. The first-order valence-corrected chi connectivity index (χ1v) is 8.90. The van der Waals surface area contributed by atoms with Gasteiger partial charge in [-0.2, -0.15) is 5.10 Å². The number of hydrogen-bond donors (Lipinski definition) is 2. The Kier molecular flexibility index (Phi) is 5.30. The van der Waals surface area contributed by atoms with Crippen molar-refractivity contribution in [2.24, 2.45) is 21.7 Å². The lowest BCUT2D eigenvalue weighted by Crippen LogP contribution is -2.36. The number of nitrogens with two attached hydrogens (primary N) is 2. The highest BCUT2D eigenvalue weighted by molar-refractivity contribution is 7.17. The normalized spacial score (nSPS) is 15.3. The van der Waals surface area contributed by atoms with Crippen molar-refractivity contribution in [1.82, 2.24) is 4.98 Å². The first-order valence-electron chi connectivity index (χ1n) is 8.08. The van der Waals surface area contributed by atoms with Crippen molar-refractivity contribution in [2.45, 2.75) is 13.8 Å². The molecule has 132 valence electrons. The van der Waals surface area contributed by atoms with E-state index in [9.17, 15) is 0 Å². The van der Waals surface area contributed by atoms with Crippen LogP contribution in [0.1, 0.15) is 17.5 Å². The quantitative estimate of drug-likeness (QED) is 0.494. The second-order valence-electron chi connectivity index (χ2n) is 5.79. The summed E-state index contributed by atoms with van der Waals surface area (Å²) in [6, 6.07) is 8.49. The lowest BCUT2D eigenvalue weighted by molar-refractivity contribution is 0.122. The van der Waals surface area contributed by atoms with Crippen molar-refractivity contribution >= 4 is 28.7 Å². The number of nitrogens with zero attached hydrogens (tertiary/aromatic N) is 4. The van der Waals surface area contributed by atoms with E-state index in [2.05, 4.69) is 44.4 Å². The number of anilines is 1. The van der Waals surface area contributed by atoms with Crippen molar-refractivity contribution in [2.75, 3.05) is 31.2 Å². The van der Waals surface area contributed by atoms with Crippen LogP contribution < -0.4 is 16.4 Å². The molecule has 3 rings (SSSR count). The van der Waals surface area contributed by atoms with E-state index >= 15 is 0 Å². The summed E-state index contributed by atoms with van der Waals surface area (Å²) < 4.78 is 5.40. The Balaban J connectivity index is 1.81. The topological polar surface area (TPSA) is 102 Å². The first-order chi connectivity index (χ1) is 12.0. The Morgan fingerprint density at radius 2 is 1.84 bits per heavy atom. The zero-order chi connectivity index (χ0) is 17.8. The van der Waals surface area contributed by atoms with Crippen molar-refractivity contribution in [3.05, 3.63) is 34.8 Å². The van der Waals surface area contributed by atoms with Gasteiger partial charge in [0, 0.05) is 24.3 Å². The number of benzene rings is 1. The summed E-state index contributed by atoms with van der Waals surface area (Å²) >= 11 is 1.59. The van der Waals surface area contributed by atoms with E-state index in [1.165, 1.54) is 5.69 Å². The second kappa shape index (κ2) is 7.62. The van der Waals surface area contributed by atoms with Gasteiger partial charge in [0.25, 0.3) is 0 Å². The van der Waals surface area contributed by atoms with E-state index in [0.29, 0.717) is 0 Å². The van der Waals surface area contributed by atoms with Crippen LogP contribution in [0.15, 0.2) is 34.5 Å². The monoisotopic (exact) mass is 358 g/mol. The van der Waals surface area contributed by atoms with Crippen molar-refractivity contribution in [3.63, 3.8) is 0 Å². The molecule has 4 N–H and O–H groups in total. The lowest BCUT2D eigenvalue weighted by atomic mass is 10.2. The highest BCUT2D eigenvalue weighted by Gasteiger charge is 2.14. The molecule has 8 heteroatoms. The van der Waals surface area contributed by atoms with Crippen molar-refractivity contribution in [3.8, 4) is 10.6 Å². The molecule has 1 aliphatic rings. The van der Waals surface area contributed by atoms with E-state index in [0.717, 1.165) is 53.2 Å². The van der Waals surface area contributed by atoms with Gasteiger partial charge in [-0.05, 0) is 38.1 Å². The predicted molar refractivity (Wildman–Crippen MR) is 103 cm³/mol. The molecule has 1 aromatic heterocycles. The molecule has 7 nitrogen and oxygen atoms in total. The third-order valence-corrected chi connectivity index (χ3v) is 5.25. The van der Waals surface area contributed by atoms with Crippen LogP contribution in [0.3, 0.4) is 0 Å². The molecule has 2 heterocycles. The van der Waals surface area contributed by atoms with Gasteiger partial charge in [-0.1, -0.05) is 0 Å². The molecular weight excluding hydrogens is 336 g/mol. The first kappa shape index (κ1) is 17.4. The fraction of sp³-hybridized carbons (Fsp3) is 0.353. The van der Waals surface area contributed by atoms with E-state index in [1.807, 2.05) is 13.8 Å². The molecule has 2 aromatic rings. The van der Waals surface area contributed by atoms with Crippen LogP contribution in [0.2, 0.25) is 0 Å². The number of rotatable bonds is 4. The van der Waals surface area contributed by atoms with E-state index in [-0.39, 0.29) is 5.96 Å². The average molecular weight is 358 g/mol. The minimum Gasteiger partial charge on any atom is -0.378 e. The SMILES string of the molecule is C/C(=N\N=C(N)N)c1sc(-c2ccc(N3CCOCC3)cc2)nc1C. The van der Waals surface area contributed by atoms with Gasteiger partial charge in [-0.25, -0.2) is 4.98 Å². The Labute approximate surface area is 151 Å². The van der Waals surface area contributed by atoms with Crippen LogP contribution in [-0.2, 0) is 4.74 Å². The molecule has 1 saturated heterocycles. The van der Waals surface area contributed by atoms with Crippen LogP contribution in [0.4, 0.5) is 5.69 Å². The zero-order valence-electron chi connectivity index (χ0n) is 14.4. The number of guanidine groups is 1. The minimum absolute atomic E-state index is 0.0551. The maximum atomic E-state index is 5.40. The molecule has 25 heavy (non-hydrogen) atoms. The van der Waals surface area contributed by atoms with Gasteiger partial charge in [-0.15, -0.1) is 16.4 Å². The largest absolute Gasteiger partial charge is 0.378 e. The van der Waals surface area contributed by atoms with Gasteiger partial charge in [0.1, 0.15) is 5.01 Å². The van der Waals surface area contributed by atoms with Crippen molar-refractivity contribution < 1.29 is 4.74 Å². The Morgan fingerprint density at radius 1 is 1.16 bits per heavy atom. The number of morpholine rings is 1. The molecule has 1 aliphatic heterocycles. The minimum atomic E-state index is -0.0551. The van der Waals surface area contributed by atoms with Gasteiger partial charge in [0.05, 0.1) is 29.5 Å². The molecule has 0 atom stereocenters. The van der Waals surface area contributed by atoms with Gasteiger partial charge in [0.2, 0.25) is 5.96 Å². The molecule has 0 bridgehead atoms. The average Bonchev–Trinajstić information content (AvgIpc) is 3.02. The second-order valence-corrected chi connectivity index (χ2v) is 6.79. The third-order valence-electron chi connectivity index (χ3n) is 3.93. The van der Waals surface area contributed by atoms with Crippen LogP contribution >= 0.6 is 11.3 Å². The summed E-state index contributed by atoms with van der Waals surface area (Å²) in [4.78, 5) is 7.98. The van der Waals surface area contributed by atoms with E-state index < -0.39 is 0 Å². The molecule has 0 saturated carbocycles. The van der Waals surface area contributed by atoms with Crippen LogP contribution in [0, 0.1) is 6.92 Å². The van der Waals surface area contributed by atoms with Crippen LogP contribution in [0.25, 0.3) is 10.6 Å². The maximum Gasteiger partial charge on any atom is 0.211 e. The summed E-state index contributed by atoms with van der Waals surface area (Å²) in [5.41, 5.74) is 14.6. The van der Waals surface area contributed by atoms with Crippen LogP contribution in [-0.4, -0.2) is 43.0 Å². The highest BCUT2D eigenvalue weighted by Crippen LogP contribution is 2.30. The number of thiazole rings is 1. The van der Waals surface area contributed by atoms with E-state index in [1.54, 1.807) is 11.3 Å². The molecule has 1 fully saturated rings. The standard InChI is InChI=1S/C17H22N6OS/c1-11-15(12(2)21-22-17(18)19)25-16(20-11)13-3-5-14(6-4-13)23-7-9-24-10-8-23/h3-6H,7-10H2,1-2H3,(H4,18,19,22)/b21-12+. The molecule has 0 spiro atoms. The fourth-order valence-corrected chi connectivity index (χ4v) is 3.68. The number of aromatic nitrogens is 1. The summed E-state index contributed by atoms with van der Waals surface area (Å²) in [7, 11) is 0. The van der Waals surface area contributed by atoms with Crippen LogP contribution in [0.5, 0.6) is 0 Å². The Morgan fingerprint density at radius 3 is 2.48 bits per heavy atom. The molecule has 0 aliphatic carbocycles. The summed E-state index contributed by atoms with van der Waals surface area (Å²) in [5.74, 6) is -0.0551. The number of ether oxygens (including phenoxy) is 1. The Hall–Kier alpha value is -2.45. The van der Waals surface area contributed by atoms with Gasteiger partial charge < -0.3 is 21.1 Å². The van der Waals surface area contributed by atoms with Gasteiger partial charge in [-0.3, -0.25) is 0 Å². The molecule has 0 unspecified atom stereocenters. The predicted octanol–water partition coefficient (Wildman–Crippen LogP) is 1.95. The number of hydrogen-bond acceptors (Lipinski definition) is 6. The molecule has 0 radical (unpaired) electrons. The summed E-state index contributed by atoms with van der Waals surface area (Å²) in [6.07, 6.45) is 0. The van der Waals surface area contributed by atoms with Gasteiger partial charge >= 0.3 is 0 Å². The third kappa shape index (κ3) is 4.15. The van der Waals surface area contributed by atoms with Gasteiger partial charge in [0.15, 0.2) is 0 Å². The fourth-order valence-electron chi connectivity index (χ4n) is 2.67. The summed E-state index contributed by atoms with van der Waals surface area (Å²) in [5, 5.41) is 8.71. The molecule has 1 aromatic carbocycles. The van der Waals surface area contributed by atoms with E-state index in [4.69, 9.17) is 16.2 Å². The number of aryl methyl sites for hydroxylation is 1. The smallest absolute Gasteiger partial charge is 0.211 e. The lowest BCUT2D eigenvalue weighted by Gasteiger charge is -2.28.